The van der Waals surface area contributed by atoms with Crippen LogP contribution in [-0.2, 0) is 4.79 Å². The van der Waals surface area contributed by atoms with Gasteiger partial charge in [-0.3, -0.25) is 9.78 Å². The van der Waals surface area contributed by atoms with E-state index in [1.807, 2.05) is 38.1 Å². The summed E-state index contributed by atoms with van der Waals surface area (Å²) in [5.41, 5.74) is 8.41. The molecule has 0 saturated heterocycles. The number of hydrogen-bond donors (Lipinski definition) is 2. The predicted molar refractivity (Wildman–Crippen MR) is 77.9 cm³/mol. The van der Waals surface area contributed by atoms with Gasteiger partial charge in [0.2, 0.25) is 5.91 Å². The number of fused-ring (bicyclic) bond motifs is 1. The molecule has 2 rings (SSSR count). The summed E-state index contributed by atoms with van der Waals surface area (Å²) in [6.07, 6.45) is 2.50. The van der Waals surface area contributed by atoms with Gasteiger partial charge >= 0.3 is 0 Å². The van der Waals surface area contributed by atoms with Crippen molar-refractivity contribution in [2.75, 3.05) is 11.9 Å². The SMILES string of the molecule is CCC(CN)C(=O)Nc1ccc(C)c2ncccc12. The number of nitrogens with zero attached hydrogens (tertiary/aromatic N) is 1. The van der Waals surface area contributed by atoms with E-state index < -0.39 is 0 Å². The number of carbonyl (C=O) groups excluding carboxylic acids is 1. The molecular formula is C15H19N3O. The third-order valence-corrected chi connectivity index (χ3v) is 3.38. The van der Waals surface area contributed by atoms with Crippen LogP contribution in [0.25, 0.3) is 10.9 Å². The van der Waals surface area contributed by atoms with Gasteiger partial charge in [-0.25, -0.2) is 0 Å². The van der Waals surface area contributed by atoms with Crippen LogP contribution in [0.5, 0.6) is 0 Å². The predicted octanol–water partition coefficient (Wildman–Crippen LogP) is 2.47. The highest BCUT2D eigenvalue weighted by molar-refractivity contribution is 6.02. The molecule has 0 saturated carbocycles. The summed E-state index contributed by atoms with van der Waals surface area (Å²) in [6, 6.07) is 7.72. The number of aromatic nitrogens is 1. The molecule has 0 spiro atoms. The summed E-state index contributed by atoms with van der Waals surface area (Å²) in [6.45, 7) is 4.34. The summed E-state index contributed by atoms with van der Waals surface area (Å²) < 4.78 is 0. The Morgan fingerprint density at radius 1 is 1.42 bits per heavy atom. The van der Waals surface area contributed by atoms with Crippen molar-refractivity contribution in [1.82, 2.24) is 4.98 Å². The zero-order valence-electron chi connectivity index (χ0n) is 11.3. The quantitative estimate of drug-likeness (QED) is 0.884. The average Bonchev–Trinajstić information content (AvgIpc) is 2.44. The van der Waals surface area contributed by atoms with Gasteiger partial charge in [0, 0.05) is 18.1 Å². The molecule has 0 bridgehead atoms. The van der Waals surface area contributed by atoms with E-state index in [0.717, 1.165) is 28.6 Å². The van der Waals surface area contributed by atoms with Crippen molar-refractivity contribution in [1.29, 1.82) is 0 Å². The molecule has 1 heterocycles. The number of aryl methyl sites for hydroxylation is 1. The third-order valence-electron chi connectivity index (χ3n) is 3.38. The second-order valence-corrected chi connectivity index (χ2v) is 4.66. The molecule has 0 aliphatic rings. The molecule has 1 amide bonds. The van der Waals surface area contributed by atoms with Crippen molar-refractivity contribution in [3.8, 4) is 0 Å². The first kappa shape index (κ1) is 13.5. The topological polar surface area (TPSA) is 68.0 Å². The summed E-state index contributed by atoms with van der Waals surface area (Å²) in [5, 5.41) is 3.92. The van der Waals surface area contributed by atoms with Gasteiger partial charge in [-0.1, -0.05) is 13.0 Å². The number of rotatable bonds is 4. The molecule has 4 heteroatoms. The molecular weight excluding hydrogens is 238 g/mol. The van der Waals surface area contributed by atoms with Gasteiger partial charge in [0.1, 0.15) is 0 Å². The van der Waals surface area contributed by atoms with Gasteiger partial charge in [0.15, 0.2) is 0 Å². The maximum absolute atomic E-state index is 12.1. The normalized spacial score (nSPS) is 12.4. The van der Waals surface area contributed by atoms with E-state index in [1.165, 1.54) is 0 Å². The fraction of sp³-hybridized carbons (Fsp3) is 0.333. The number of pyridine rings is 1. The number of amides is 1. The van der Waals surface area contributed by atoms with Crippen LogP contribution in [0.2, 0.25) is 0 Å². The first-order valence-electron chi connectivity index (χ1n) is 6.52. The molecule has 19 heavy (non-hydrogen) atoms. The van der Waals surface area contributed by atoms with E-state index in [2.05, 4.69) is 10.3 Å². The minimum Gasteiger partial charge on any atom is -0.330 e. The standard InChI is InChI=1S/C15H19N3O/c1-3-11(9-16)15(19)18-13-7-6-10(2)14-12(13)5-4-8-17-14/h4-8,11H,3,9,16H2,1-2H3,(H,18,19). The number of nitrogens with one attached hydrogen (secondary N) is 1. The van der Waals surface area contributed by atoms with Crippen LogP contribution in [0, 0.1) is 12.8 Å². The van der Waals surface area contributed by atoms with Crippen molar-refractivity contribution in [2.45, 2.75) is 20.3 Å². The molecule has 2 aromatic rings. The fourth-order valence-corrected chi connectivity index (χ4v) is 2.12. The van der Waals surface area contributed by atoms with Crippen LogP contribution in [0.15, 0.2) is 30.5 Å². The second kappa shape index (κ2) is 5.80. The Labute approximate surface area is 113 Å². The van der Waals surface area contributed by atoms with E-state index >= 15 is 0 Å². The Hall–Kier alpha value is -1.94. The Morgan fingerprint density at radius 3 is 2.89 bits per heavy atom. The van der Waals surface area contributed by atoms with Crippen molar-refractivity contribution in [3.63, 3.8) is 0 Å². The number of nitrogens with two attached hydrogens (primary N) is 1. The summed E-state index contributed by atoms with van der Waals surface area (Å²) in [7, 11) is 0. The summed E-state index contributed by atoms with van der Waals surface area (Å²) >= 11 is 0. The molecule has 1 aromatic heterocycles. The zero-order chi connectivity index (χ0) is 13.8. The maximum Gasteiger partial charge on any atom is 0.228 e. The van der Waals surface area contributed by atoms with E-state index in [1.54, 1.807) is 6.20 Å². The highest BCUT2D eigenvalue weighted by Gasteiger charge is 2.15. The summed E-state index contributed by atoms with van der Waals surface area (Å²) in [5.74, 6) is -0.174. The molecule has 0 aliphatic heterocycles. The monoisotopic (exact) mass is 257 g/mol. The molecule has 100 valence electrons. The highest BCUT2D eigenvalue weighted by Crippen LogP contribution is 2.25. The fourth-order valence-electron chi connectivity index (χ4n) is 2.12. The Balaban J connectivity index is 2.36. The zero-order valence-corrected chi connectivity index (χ0v) is 11.3. The first-order valence-corrected chi connectivity index (χ1v) is 6.52. The van der Waals surface area contributed by atoms with Crippen LogP contribution < -0.4 is 11.1 Å². The van der Waals surface area contributed by atoms with E-state index in [-0.39, 0.29) is 11.8 Å². The average molecular weight is 257 g/mol. The van der Waals surface area contributed by atoms with Crippen molar-refractivity contribution in [2.24, 2.45) is 11.7 Å². The van der Waals surface area contributed by atoms with Gasteiger partial charge in [-0.15, -0.1) is 0 Å². The van der Waals surface area contributed by atoms with Crippen molar-refractivity contribution >= 4 is 22.5 Å². The largest absolute Gasteiger partial charge is 0.330 e. The van der Waals surface area contributed by atoms with E-state index in [0.29, 0.717) is 6.54 Å². The van der Waals surface area contributed by atoms with Gasteiger partial charge in [-0.2, -0.15) is 0 Å². The molecule has 1 atom stereocenters. The van der Waals surface area contributed by atoms with Crippen molar-refractivity contribution < 1.29 is 4.79 Å². The van der Waals surface area contributed by atoms with Crippen LogP contribution in [0.3, 0.4) is 0 Å². The molecule has 4 nitrogen and oxygen atoms in total. The van der Waals surface area contributed by atoms with Crippen LogP contribution in [0.4, 0.5) is 5.69 Å². The molecule has 3 N–H and O–H groups in total. The lowest BCUT2D eigenvalue weighted by Crippen LogP contribution is -2.28. The smallest absolute Gasteiger partial charge is 0.228 e. The van der Waals surface area contributed by atoms with Gasteiger partial charge in [0.05, 0.1) is 17.1 Å². The molecule has 1 aromatic carbocycles. The maximum atomic E-state index is 12.1. The van der Waals surface area contributed by atoms with Crippen LogP contribution in [-0.4, -0.2) is 17.4 Å². The molecule has 1 unspecified atom stereocenters. The second-order valence-electron chi connectivity index (χ2n) is 4.66. The van der Waals surface area contributed by atoms with Gasteiger partial charge in [-0.05, 0) is 37.1 Å². The van der Waals surface area contributed by atoms with E-state index in [4.69, 9.17) is 5.73 Å². The van der Waals surface area contributed by atoms with Crippen LogP contribution >= 0.6 is 0 Å². The lowest BCUT2D eigenvalue weighted by molar-refractivity contribution is -0.119. The molecule has 0 fully saturated rings. The van der Waals surface area contributed by atoms with Gasteiger partial charge in [0.25, 0.3) is 0 Å². The molecule has 0 radical (unpaired) electrons. The Bertz CT molecular complexity index is 591. The lowest BCUT2D eigenvalue weighted by Gasteiger charge is -2.14. The highest BCUT2D eigenvalue weighted by atomic mass is 16.1. The Morgan fingerprint density at radius 2 is 2.21 bits per heavy atom. The number of carbonyl (C=O) groups is 1. The Kier molecular flexibility index (Phi) is 4.12. The molecule has 0 aliphatic carbocycles. The van der Waals surface area contributed by atoms with E-state index in [9.17, 15) is 4.79 Å². The number of benzene rings is 1. The van der Waals surface area contributed by atoms with Crippen molar-refractivity contribution in [3.05, 3.63) is 36.0 Å². The van der Waals surface area contributed by atoms with Crippen LogP contribution in [0.1, 0.15) is 18.9 Å². The first-order chi connectivity index (χ1) is 9.17. The number of anilines is 1. The summed E-state index contributed by atoms with van der Waals surface area (Å²) in [4.78, 5) is 16.4. The minimum atomic E-state index is -0.145. The van der Waals surface area contributed by atoms with Gasteiger partial charge < -0.3 is 11.1 Å². The third kappa shape index (κ3) is 2.74. The number of hydrogen-bond acceptors (Lipinski definition) is 3. The lowest BCUT2D eigenvalue weighted by atomic mass is 10.0. The minimum absolute atomic E-state index is 0.0287.